The Bertz CT molecular complexity index is 1120. The molecule has 0 aromatic carbocycles. The molecule has 0 heterocycles. The van der Waals surface area contributed by atoms with Crippen LogP contribution in [0.25, 0.3) is 0 Å². The van der Waals surface area contributed by atoms with Gasteiger partial charge in [0.2, 0.25) is 0 Å². The van der Waals surface area contributed by atoms with Crippen molar-refractivity contribution >= 4 is 17.9 Å². The van der Waals surface area contributed by atoms with Gasteiger partial charge in [-0.2, -0.15) is 0 Å². The topological polar surface area (TPSA) is 78.9 Å². The van der Waals surface area contributed by atoms with E-state index in [2.05, 4.69) is 69.4 Å². The third-order valence-electron chi connectivity index (χ3n) is 12.1. The van der Waals surface area contributed by atoms with Gasteiger partial charge in [-0.3, -0.25) is 14.4 Å². The third-order valence-corrected chi connectivity index (χ3v) is 12.1. The molecule has 0 bridgehead atoms. The minimum absolute atomic E-state index is 0.0779. The molecule has 0 radical (unpaired) electrons. The molecule has 0 spiro atoms. The van der Waals surface area contributed by atoms with Gasteiger partial charge in [0, 0.05) is 19.3 Å². The fourth-order valence-electron chi connectivity index (χ4n) is 7.92. The molecular formula is C58H104O6. The van der Waals surface area contributed by atoms with Gasteiger partial charge >= 0.3 is 17.9 Å². The Hall–Kier alpha value is -2.63. The molecule has 0 amide bonds. The Morgan fingerprint density at radius 1 is 0.328 bits per heavy atom. The summed E-state index contributed by atoms with van der Waals surface area (Å²) in [5.74, 6) is -0.883. The van der Waals surface area contributed by atoms with Crippen molar-refractivity contribution in [3.8, 4) is 0 Å². The van der Waals surface area contributed by atoms with E-state index in [4.69, 9.17) is 14.2 Å². The van der Waals surface area contributed by atoms with E-state index in [-0.39, 0.29) is 31.1 Å². The smallest absolute Gasteiger partial charge is 0.306 e. The van der Waals surface area contributed by atoms with E-state index in [1.54, 1.807) is 0 Å². The SMILES string of the molecule is CC/C=C\C/C=C\C/C=C\CCCCCCCCCC(=O)OCC(COC(=O)CCCCCCC/C=C\CCCCCCC)OC(=O)CCCCCCCCCCCCCCCCC. The van der Waals surface area contributed by atoms with Crippen LogP contribution < -0.4 is 0 Å². The maximum atomic E-state index is 12.8. The molecule has 0 aromatic heterocycles. The number of esters is 3. The van der Waals surface area contributed by atoms with Crippen LogP contribution >= 0.6 is 0 Å². The summed E-state index contributed by atoms with van der Waals surface area (Å²) >= 11 is 0. The minimum atomic E-state index is -0.777. The van der Waals surface area contributed by atoms with E-state index in [9.17, 15) is 14.4 Å². The first-order valence-corrected chi connectivity index (χ1v) is 27.6. The molecule has 6 nitrogen and oxygen atoms in total. The molecule has 0 aliphatic rings. The molecule has 0 aliphatic carbocycles. The summed E-state index contributed by atoms with van der Waals surface area (Å²) in [5, 5.41) is 0. The second kappa shape index (κ2) is 53.0. The zero-order valence-corrected chi connectivity index (χ0v) is 42.6. The Morgan fingerprint density at radius 3 is 0.969 bits per heavy atom. The summed E-state index contributed by atoms with van der Waals surface area (Å²) in [6, 6.07) is 0. The molecule has 1 unspecified atom stereocenters. The number of rotatable bonds is 50. The summed E-state index contributed by atoms with van der Waals surface area (Å²) in [4.78, 5) is 38.1. The lowest BCUT2D eigenvalue weighted by atomic mass is 10.0. The molecule has 0 aliphatic heterocycles. The van der Waals surface area contributed by atoms with Gasteiger partial charge in [-0.1, -0.05) is 236 Å². The van der Waals surface area contributed by atoms with Crippen LogP contribution in [0.5, 0.6) is 0 Å². The molecule has 0 fully saturated rings. The van der Waals surface area contributed by atoms with E-state index in [1.807, 2.05) is 0 Å². The monoisotopic (exact) mass is 897 g/mol. The largest absolute Gasteiger partial charge is 0.462 e. The first-order valence-electron chi connectivity index (χ1n) is 27.6. The first-order chi connectivity index (χ1) is 31.5. The zero-order chi connectivity index (χ0) is 46.5. The van der Waals surface area contributed by atoms with Crippen molar-refractivity contribution < 1.29 is 28.6 Å². The Morgan fingerprint density at radius 2 is 0.609 bits per heavy atom. The fourth-order valence-corrected chi connectivity index (χ4v) is 7.92. The summed E-state index contributed by atoms with van der Waals surface area (Å²) in [5.41, 5.74) is 0. The van der Waals surface area contributed by atoms with Crippen LogP contribution in [0.3, 0.4) is 0 Å². The highest BCUT2D eigenvalue weighted by Crippen LogP contribution is 2.16. The molecule has 0 aromatic rings. The molecule has 0 saturated heterocycles. The van der Waals surface area contributed by atoms with E-state index >= 15 is 0 Å². The average Bonchev–Trinajstić information content (AvgIpc) is 3.29. The highest BCUT2D eigenvalue weighted by Gasteiger charge is 2.19. The number of carbonyl (C=O) groups excluding carboxylic acids is 3. The van der Waals surface area contributed by atoms with Crippen molar-refractivity contribution in [3.63, 3.8) is 0 Å². The van der Waals surface area contributed by atoms with Crippen molar-refractivity contribution in [2.45, 2.75) is 290 Å². The molecule has 0 saturated carbocycles. The molecule has 64 heavy (non-hydrogen) atoms. The van der Waals surface area contributed by atoms with Gasteiger partial charge in [0.15, 0.2) is 6.10 Å². The zero-order valence-electron chi connectivity index (χ0n) is 42.6. The van der Waals surface area contributed by atoms with E-state index < -0.39 is 6.10 Å². The predicted octanol–water partition coefficient (Wildman–Crippen LogP) is 18.3. The van der Waals surface area contributed by atoms with Gasteiger partial charge < -0.3 is 14.2 Å². The highest BCUT2D eigenvalue weighted by molar-refractivity contribution is 5.71. The predicted molar refractivity (Wildman–Crippen MR) is 275 cm³/mol. The van der Waals surface area contributed by atoms with E-state index in [1.165, 1.54) is 154 Å². The Kier molecular flexibility index (Phi) is 50.8. The van der Waals surface area contributed by atoms with Gasteiger partial charge in [0.05, 0.1) is 0 Å². The number of allylic oxidation sites excluding steroid dienone is 8. The number of hydrogen-bond donors (Lipinski definition) is 0. The normalized spacial score (nSPS) is 12.4. The van der Waals surface area contributed by atoms with Crippen molar-refractivity contribution in [1.82, 2.24) is 0 Å². The van der Waals surface area contributed by atoms with E-state index in [0.29, 0.717) is 19.3 Å². The van der Waals surface area contributed by atoms with Gasteiger partial charge in [0.25, 0.3) is 0 Å². The number of unbranched alkanes of at least 4 members (excludes halogenated alkanes) is 31. The third kappa shape index (κ3) is 50.4. The second-order valence-electron chi connectivity index (χ2n) is 18.5. The lowest BCUT2D eigenvalue weighted by Gasteiger charge is -2.18. The molecule has 372 valence electrons. The van der Waals surface area contributed by atoms with Gasteiger partial charge in [-0.25, -0.2) is 0 Å². The van der Waals surface area contributed by atoms with Gasteiger partial charge in [0.1, 0.15) is 13.2 Å². The van der Waals surface area contributed by atoms with Crippen LogP contribution in [0.4, 0.5) is 0 Å². The van der Waals surface area contributed by atoms with Crippen molar-refractivity contribution in [2.75, 3.05) is 13.2 Å². The lowest BCUT2D eigenvalue weighted by molar-refractivity contribution is -0.167. The number of carbonyl (C=O) groups is 3. The van der Waals surface area contributed by atoms with Gasteiger partial charge in [-0.15, -0.1) is 0 Å². The lowest BCUT2D eigenvalue weighted by Crippen LogP contribution is -2.30. The van der Waals surface area contributed by atoms with Crippen LogP contribution in [0.1, 0.15) is 284 Å². The molecule has 0 rings (SSSR count). The maximum Gasteiger partial charge on any atom is 0.306 e. The second-order valence-corrected chi connectivity index (χ2v) is 18.5. The van der Waals surface area contributed by atoms with Crippen molar-refractivity contribution in [3.05, 3.63) is 48.6 Å². The van der Waals surface area contributed by atoms with E-state index in [0.717, 1.165) is 89.9 Å². The van der Waals surface area contributed by atoms with Crippen LogP contribution in [0.2, 0.25) is 0 Å². The van der Waals surface area contributed by atoms with Crippen LogP contribution in [-0.4, -0.2) is 37.2 Å². The summed E-state index contributed by atoms with van der Waals surface area (Å²) < 4.78 is 16.8. The van der Waals surface area contributed by atoms with Crippen LogP contribution in [-0.2, 0) is 28.6 Å². The first kappa shape index (κ1) is 61.4. The summed E-state index contributed by atoms with van der Waals surface area (Å²) in [6.45, 7) is 6.53. The fraction of sp³-hybridized carbons (Fsp3) is 0.810. The Labute approximate surface area is 397 Å². The number of hydrogen-bond acceptors (Lipinski definition) is 6. The summed E-state index contributed by atoms with van der Waals surface area (Å²) in [6.07, 6.45) is 63.8. The standard InChI is InChI=1S/C58H104O6/c1-4-7-10-13-16-19-22-25-28-29-31-33-36-39-42-45-48-51-57(60)63-54-55(53-62-56(59)50-47-44-41-38-35-32-27-24-21-18-15-12-9-6-3)64-58(61)52-49-46-43-40-37-34-30-26-23-20-17-14-11-8-5-2/h7,10,16,19,24-25,27-28,55H,4-6,8-9,11-15,17-18,20-23,26,29-54H2,1-3H3/b10-7-,19-16-,27-24-,28-25-. The maximum absolute atomic E-state index is 12.8. The molecule has 1 atom stereocenters. The van der Waals surface area contributed by atoms with Gasteiger partial charge in [-0.05, 0) is 77.0 Å². The minimum Gasteiger partial charge on any atom is -0.462 e. The van der Waals surface area contributed by atoms with Crippen molar-refractivity contribution in [1.29, 1.82) is 0 Å². The van der Waals surface area contributed by atoms with Crippen molar-refractivity contribution in [2.24, 2.45) is 0 Å². The quantitative estimate of drug-likeness (QED) is 0.0262. The molecular weight excluding hydrogens is 793 g/mol. The van der Waals surface area contributed by atoms with Crippen LogP contribution in [0.15, 0.2) is 48.6 Å². The number of ether oxygens (including phenoxy) is 3. The van der Waals surface area contributed by atoms with Crippen LogP contribution in [0, 0.1) is 0 Å². The summed E-state index contributed by atoms with van der Waals surface area (Å²) in [7, 11) is 0. The molecule has 6 heteroatoms. The highest BCUT2D eigenvalue weighted by atomic mass is 16.6. The molecule has 0 N–H and O–H groups in total. The average molecular weight is 897 g/mol. The Balaban J connectivity index is 4.37.